The molecule has 1 fully saturated rings. The first-order valence-corrected chi connectivity index (χ1v) is 7.08. The van der Waals surface area contributed by atoms with Gasteiger partial charge in [-0.25, -0.2) is 0 Å². The van der Waals surface area contributed by atoms with Gasteiger partial charge in [-0.05, 0) is 34.3 Å². The first-order chi connectivity index (χ1) is 8.27. The third-order valence-electron chi connectivity index (χ3n) is 3.43. The predicted molar refractivity (Wildman–Crippen MR) is 69.9 cm³/mol. The van der Waals surface area contributed by atoms with E-state index in [9.17, 15) is 4.79 Å². The molecule has 4 heteroatoms. The van der Waals surface area contributed by atoms with Gasteiger partial charge in [-0.2, -0.15) is 0 Å². The minimum atomic E-state index is -0.0542. The van der Waals surface area contributed by atoms with Crippen LogP contribution >= 0.6 is 15.9 Å². The monoisotopic (exact) mass is 299 g/mol. The van der Waals surface area contributed by atoms with Gasteiger partial charge in [-0.1, -0.05) is 32.1 Å². The van der Waals surface area contributed by atoms with Crippen molar-refractivity contribution in [3.63, 3.8) is 0 Å². The fourth-order valence-corrected chi connectivity index (χ4v) is 2.84. The number of carbonyl (C=O) groups excluding carboxylic acids is 1. The first-order valence-electron chi connectivity index (χ1n) is 6.28. The number of halogens is 1. The summed E-state index contributed by atoms with van der Waals surface area (Å²) in [5, 5.41) is 2.94. The molecular formula is C13H18BrNO2. The zero-order valence-electron chi connectivity index (χ0n) is 9.88. The van der Waals surface area contributed by atoms with Crippen LogP contribution in [0.3, 0.4) is 0 Å². The zero-order chi connectivity index (χ0) is 12.1. The van der Waals surface area contributed by atoms with Gasteiger partial charge in [-0.3, -0.25) is 4.79 Å². The van der Waals surface area contributed by atoms with Gasteiger partial charge < -0.3 is 9.73 Å². The van der Waals surface area contributed by atoms with Gasteiger partial charge in [0.25, 0.3) is 5.91 Å². The molecule has 0 spiro atoms. The van der Waals surface area contributed by atoms with E-state index in [1.54, 1.807) is 6.07 Å². The Bertz CT molecular complexity index is 369. The van der Waals surface area contributed by atoms with Gasteiger partial charge in [0, 0.05) is 6.54 Å². The van der Waals surface area contributed by atoms with Gasteiger partial charge >= 0.3 is 0 Å². The van der Waals surface area contributed by atoms with Crippen LogP contribution in [0.4, 0.5) is 0 Å². The van der Waals surface area contributed by atoms with Crippen LogP contribution in [0.15, 0.2) is 21.4 Å². The topological polar surface area (TPSA) is 42.2 Å². The molecule has 1 N–H and O–H groups in total. The molecular weight excluding hydrogens is 282 g/mol. The largest absolute Gasteiger partial charge is 0.457 e. The summed E-state index contributed by atoms with van der Waals surface area (Å²) in [4.78, 5) is 11.8. The Kier molecular flexibility index (Phi) is 4.66. The highest BCUT2D eigenvalue weighted by atomic mass is 79.9. The summed E-state index contributed by atoms with van der Waals surface area (Å²) in [6.45, 7) is 0.765. The lowest BCUT2D eigenvalue weighted by atomic mass is 9.87. The van der Waals surface area contributed by atoms with Crippen molar-refractivity contribution in [1.82, 2.24) is 5.32 Å². The van der Waals surface area contributed by atoms with Crippen molar-refractivity contribution in [3.8, 4) is 0 Å². The zero-order valence-corrected chi connectivity index (χ0v) is 11.5. The van der Waals surface area contributed by atoms with E-state index in [2.05, 4.69) is 21.2 Å². The van der Waals surface area contributed by atoms with Crippen LogP contribution in [-0.4, -0.2) is 12.5 Å². The van der Waals surface area contributed by atoms with Crippen LogP contribution < -0.4 is 5.32 Å². The maximum atomic E-state index is 11.8. The molecule has 0 saturated heterocycles. The lowest BCUT2D eigenvalue weighted by Gasteiger charge is -2.21. The van der Waals surface area contributed by atoms with Crippen molar-refractivity contribution in [2.75, 3.05) is 6.54 Å². The molecule has 1 amide bonds. The maximum absolute atomic E-state index is 11.8. The molecule has 2 rings (SSSR count). The molecule has 17 heavy (non-hydrogen) atoms. The van der Waals surface area contributed by atoms with E-state index in [0.29, 0.717) is 10.2 Å². The molecule has 3 nitrogen and oxygen atoms in total. The Hall–Kier alpha value is -0.770. The Balaban J connectivity index is 1.71. The van der Waals surface area contributed by atoms with Crippen molar-refractivity contribution in [2.24, 2.45) is 5.92 Å². The average Bonchev–Trinajstić information content (AvgIpc) is 2.77. The molecule has 0 atom stereocenters. The Morgan fingerprint density at radius 3 is 2.82 bits per heavy atom. The van der Waals surface area contributed by atoms with Crippen LogP contribution in [0.25, 0.3) is 0 Å². The summed E-state index contributed by atoms with van der Waals surface area (Å²) < 4.78 is 5.54. The molecule has 1 aromatic heterocycles. The summed E-state index contributed by atoms with van der Waals surface area (Å²) >= 11 is 3.21. The molecule has 0 aliphatic heterocycles. The standard InChI is InChI=1S/C13H18BrNO2/c14-12-11(7-9-17-12)13(16)15-8-6-10-4-2-1-3-5-10/h7,9-10H,1-6,8H2,(H,15,16). The second-order valence-electron chi connectivity index (χ2n) is 4.66. The highest BCUT2D eigenvalue weighted by molar-refractivity contribution is 9.10. The molecule has 1 aromatic rings. The highest BCUT2D eigenvalue weighted by Gasteiger charge is 2.15. The van der Waals surface area contributed by atoms with Crippen molar-refractivity contribution in [1.29, 1.82) is 0 Å². The van der Waals surface area contributed by atoms with Crippen molar-refractivity contribution >= 4 is 21.8 Å². The van der Waals surface area contributed by atoms with Crippen LogP contribution in [-0.2, 0) is 0 Å². The van der Waals surface area contributed by atoms with Gasteiger partial charge in [-0.15, -0.1) is 0 Å². The molecule has 1 aliphatic carbocycles. The SMILES string of the molecule is O=C(NCCC1CCCCC1)c1ccoc1Br. The van der Waals surface area contributed by atoms with E-state index < -0.39 is 0 Å². The lowest BCUT2D eigenvalue weighted by Crippen LogP contribution is -2.26. The van der Waals surface area contributed by atoms with Crippen LogP contribution in [0.2, 0.25) is 0 Å². The van der Waals surface area contributed by atoms with E-state index in [1.165, 1.54) is 38.4 Å². The fourth-order valence-electron chi connectivity index (χ4n) is 2.42. The minimum absolute atomic E-state index is 0.0542. The highest BCUT2D eigenvalue weighted by Crippen LogP contribution is 2.25. The molecule has 0 aromatic carbocycles. The van der Waals surface area contributed by atoms with Crippen LogP contribution in [0.1, 0.15) is 48.9 Å². The van der Waals surface area contributed by atoms with E-state index in [0.717, 1.165) is 18.9 Å². The molecule has 1 heterocycles. The molecule has 94 valence electrons. The van der Waals surface area contributed by atoms with Gasteiger partial charge in [0.1, 0.15) is 0 Å². The minimum Gasteiger partial charge on any atom is -0.457 e. The summed E-state index contributed by atoms with van der Waals surface area (Å²) in [6.07, 6.45) is 9.35. The van der Waals surface area contributed by atoms with Crippen LogP contribution in [0.5, 0.6) is 0 Å². The van der Waals surface area contributed by atoms with E-state index >= 15 is 0 Å². The van der Waals surface area contributed by atoms with Crippen molar-refractivity contribution in [3.05, 3.63) is 22.6 Å². The number of furan rings is 1. The molecule has 0 unspecified atom stereocenters. The summed E-state index contributed by atoms with van der Waals surface area (Å²) in [7, 11) is 0. The predicted octanol–water partition coefficient (Wildman–Crippen LogP) is 3.74. The molecule has 0 radical (unpaired) electrons. The summed E-state index contributed by atoms with van der Waals surface area (Å²) in [6, 6.07) is 1.68. The lowest BCUT2D eigenvalue weighted by molar-refractivity contribution is 0.0948. The van der Waals surface area contributed by atoms with E-state index in [1.807, 2.05) is 0 Å². The summed E-state index contributed by atoms with van der Waals surface area (Å²) in [5.74, 6) is 0.748. The third-order valence-corrected chi connectivity index (χ3v) is 4.04. The van der Waals surface area contributed by atoms with Crippen molar-refractivity contribution in [2.45, 2.75) is 38.5 Å². The average molecular weight is 300 g/mol. The number of hydrogen-bond donors (Lipinski definition) is 1. The van der Waals surface area contributed by atoms with Crippen molar-refractivity contribution < 1.29 is 9.21 Å². The second-order valence-corrected chi connectivity index (χ2v) is 5.38. The van der Waals surface area contributed by atoms with E-state index in [-0.39, 0.29) is 5.91 Å². The Morgan fingerprint density at radius 1 is 1.41 bits per heavy atom. The smallest absolute Gasteiger partial charge is 0.255 e. The number of carbonyl (C=O) groups is 1. The number of amides is 1. The number of nitrogens with one attached hydrogen (secondary N) is 1. The second kappa shape index (κ2) is 6.24. The third kappa shape index (κ3) is 3.60. The Labute approximate surface area is 110 Å². The van der Waals surface area contributed by atoms with Gasteiger partial charge in [0.15, 0.2) is 4.67 Å². The molecule has 1 saturated carbocycles. The fraction of sp³-hybridized carbons (Fsp3) is 0.615. The normalized spacial score (nSPS) is 17.0. The number of rotatable bonds is 4. The Morgan fingerprint density at radius 2 is 2.18 bits per heavy atom. The van der Waals surface area contributed by atoms with Gasteiger partial charge in [0.05, 0.1) is 11.8 Å². The van der Waals surface area contributed by atoms with E-state index in [4.69, 9.17) is 4.42 Å². The molecule has 1 aliphatic rings. The quantitative estimate of drug-likeness (QED) is 0.920. The maximum Gasteiger partial charge on any atom is 0.255 e. The summed E-state index contributed by atoms with van der Waals surface area (Å²) in [5.41, 5.74) is 0.577. The van der Waals surface area contributed by atoms with Crippen LogP contribution in [0, 0.1) is 5.92 Å². The van der Waals surface area contributed by atoms with Gasteiger partial charge in [0.2, 0.25) is 0 Å². The molecule has 0 bridgehead atoms. The number of hydrogen-bond acceptors (Lipinski definition) is 2. The first kappa shape index (κ1) is 12.7.